The van der Waals surface area contributed by atoms with E-state index in [0.717, 1.165) is 43.7 Å². The third-order valence-corrected chi connectivity index (χ3v) is 7.01. The number of cyclic esters (lactones) is 1. The normalized spacial score (nSPS) is 21.8. The first-order valence-electron chi connectivity index (χ1n) is 11.0. The smallest absolute Gasteiger partial charge is 0.336 e. The minimum atomic E-state index is -0.356. The summed E-state index contributed by atoms with van der Waals surface area (Å²) < 4.78 is 12.2. The Morgan fingerprint density at radius 3 is 2.55 bits per heavy atom. The molecule has 0 bridgehead atoms. The van der Waals surface area contributed by atoms with E-state index < -0.39 is 0 Å². The van der Waals surface area contributed by atoms with E-state index in [2.05, 4.69) is 30.4 Å². The number of piperidine rings is 1. The molecule has 0 aliphatic carbocycles. The van der Waals surface area contributed by atoms with Gasteiger partial charge in [0, 0.05) is 20.2 Å². The van der Waals surface area contributed by atoms with Crippen LogP contribution in [0.3, 0.4) is 0 Å². The molecular formula is C21H26N8O4. The molecule has 174 valence electrons. The molecular weight excluding hydrogens is 428 g/mol. The SMILES string of the molecule is CO[C@H](CN1CCC2(CC1)CCN(C1=C(C)C(=O)OC1)C2=O)c1cnc(-n2cnnn2)cn1. The lowest BCUT2D eigenvalue weighted by molar-refractivity contribution is -0.138. The summed E-state index contributed by atoms with van der Waals surface area (Å²) in [6, 6.07) is 0. The molecule has 0 unspecified atom stereocenters. The first-order valence-corrected chi connectivity index (χ1v) is 11.0. The van der Waals surface area contributed by atoms with Gasteiger partial charge in [-0.25, -0.2) is 9.78 Å². The second kappa shape index (κ2) is 8.60. The van der Waals surface area contributed by atoms with Gasteiger partial charge >= 0.3 is 5.97 Å². The molecule has 2 fully saturated rings. The predicted molar refractivity (Wildman–Crippen MR) is 113 cm³/mol. The number of rotatable bonds is 6. The van der Waals surface area contributed by atoms with E-state index in [4.69, 9.17) is 9.47 Å². The number of esters is 1. The van der Waals surface area contributed by atoms with Crippen LogP contribution in [-0.4, -0.2) is 91.7 Å². The highest BCUT2D eigenvalue weighted by molar-refractivity contribution is 5.94. The van der Waals surface area contributed by atoms with Gasteiger partial charge in [0.25, 0.3) is 0 Å². The molecule has 2 aromatic rings. The average Bonchev–Trinajstić information content (AvgIpc) is 3.56. The molecule has 12 heteroatoms. The monoisotopic (exact) mass is 454 g/mol. The van der Waals surface area contributed by atoms with Gasteiger partial charge in [-0.05, 0) is 49.7 Å². The highest BCUT2D eigenvalue weighted by Crippen LogP contribution is 2.44. The van der Waals surface area contributed by atoms with Crippen LogP contribution in [0.4, 0.5) is 0 Å². The minimum absolute atomic E-state index is 0.127. The van der Waals surface area contributed by atoms with Gasteiger partial charge in [0.15, 0.2) is 5.82 Å². The predicted octanol–water partition coefficient (Wildman–Crippen LogP) is 0.285. The molecule has 2 saturated heterocycles. The Bertz CT molecular complexity index is 1060. The van der Waals surface area contributed by atoms with Crippen LogP contribution in [0.2, 0.25) is 0 Å². The van der Waals surface area contributed by atoms with Crippen molar-refractivity contribution >= 4 is 11.9 Å². The van der Waals surface area contributed by atoms with Crippen LogP contribution in [-0.2, 0) is 19.1 Å². The van der Waals surface area contributed by atoms with Crippen molar-refractivity contribution in [3.8, 4) is 5.82 Å². The van der Waals surface area contributed by atoms with Crippen molar-refractivity contribution in [2.45, 2.75) is 32.3 Å². The van der Waals surface area contributed by atoms with Crippen LogP contribution in [0, 0.1) is 5.41 Å². The number of nitrogens with zero attached hydrogens (tertiary/aromatic N) is 8. The second-order valence-electron chi connectivity index (χ2n) is 8.71. The number of carbonyl (C=O) groups excluding carboxylic acids is 2. The number of carbonyl (C=O) groups is 2. The molecule has 0 saturated carbocycles. The van der Waals surface area contributed by atoms with Crippen molar-refractivity contribution < 1.29 is 19.1 Å². The van der Waals surface area contributed by atoms with E-state index in [9.17, 15) is 9.59 Å². The third kappa shape index (κ3) is 3.89. The summed E-state index contributed by atoms with van der Waals surface area (Å²) in [5.74, 6) is 0.331. The number of aromatic nitrogens is 6. The largest absolute Gasteiger partial charge is 0.456 e. The lowest BCUT2D eigenvalue weighted by Gasteiger charge is -2.39. The molecule has 1 spiro atoms. The molecule has 3 aliphatic rings. The summed E-state index contributed by atoms with van der Waals surface area (Å²) in [6.45, 7) is 4.82. The molecule has 3 aliphatic heterocycles. The molecule has 5 rings (SSSR count). The van der Waals surface area contributed by atoms with Crippen molar-refractivity contribution in [2.75, 3.05) is 39.9 Å². The van der Waals surface area contributed by atoms with E-state index in [-0.39, 0.29) is 30.0 Å². The fourth-order valence-electron chi connectivity index (χ4n) is 4.86. The molecule has 1 atom stereocenters. The Hall–Kier alpha value is -3.25. The van der Waals surface area contributed by atoms with Crippen molar-refractivity contribution in [3.05, 3.63) is 35.7 Å². The van der Waals surface area contributed by atoms with E-state index in [1.807, 2.05) is 0 Å². The molecule has 0 N–H and O–H groups in total. The number of hydrogen-bond donors (Lipinski definition) is 0. The van der Waals surface area contributed by atoms with Crippen molar-refractivity contribution in [3.63, 3.8) is 0 Å². The molecule has 5 heterocycles. The van der Waals surface area contributed by atoms with Gasteiger partial charge < -0.3 is 19.3 Å². The maximum atomic E-state index is 13.3. The fourth-order valence-corrected chi connectivity index (χ4v) is 4.86. The zero-order chi connectivity index (χ0) is 23.0. The Morgan fingerprint density at radius 2 is 1.94 bits per heavy atom. The summed E-state index contributed by atoms with van der Waals surface area (Å²) in [5.41, 5.74) is 1.65. The van der Waals surface area contributed by atoms with Gasteiger partial charge in [0.05, 0.1) is 34.8 Å². The fraction of sp³-hybridized carbons (Fsp3) is 0.571. The summed E-state index contributed by atoms with van der Waals surface area (Å²) >= 11 is 0. The van der Waals surface area contributed by atoms with E-state index in [1.54, 1.807) is 31.3 Å². The first-order chi connectivity index (χ1) is 16.0. The van der Waals surface area contributed by atoms with Gasteiger partial charge in [0.1, 0.15) is 19.0 Å². The lowest BCUT2D eigenvalue weighted by atomic mass is 9.77. The topological polar surface area (TPSA) is 128 Å². The van der Waals surface area contributed by atoms with Crippen molar-refractivity contribution in [1.29, 1.82) is 0 Å². The molecule has 1 amide bonds. The zero-order valence-electron chi connectivity index (χ0n) is 18.7. The zero-order valence-corrected chi connectivity index (χ0v) is 18.7. The maximum Gasteiger partial charge on any atom is 0.336 e. The van der Waals surface area contributed by atoms with Crippen molar-refractivity contribution in [2.24, 2.45) is 5.41 Å². The summed E-state index contributed by atoms with van der Waals surface area (Å²) in [6.07, 6.45) is 6.89. The van der Waals surface area contributed by atoms with E-state index in [1.165, 1.54) is 11.0 Å². The Labute approximate surface area is 190 Å². The minimum Gasteiger partial charge on any atom is -0.456 e. The van der Waals surface area contributed by atoms with Gasteiger partial charge in [0.2, 0.25) is 5.91 Å². The van der Waals surface area contributed by atoms with Crippen LogP contribution in [0.25, 0.3) is 5.82 Å². The number of ether oxygens (including phenoxy) is 2. The van der Waals surface area contributed by atoms with Gasteiger partial charge in [-0.2, -0.15) is 4.68 Å². The number of methoxy groups -OCH3 is 1. The van der Waals surface area contributed by atoms with Gasteiger partial charge in [-0.1, -0.05) is 0 Å². The van der Waals surface area contributed by atoms with Crippen molar-refractivity contribution in [1.82, 2.24) is 40.0 Å². The van der Waals surface area contributed by atoms with E-state index >= 15 is 0 Å². The lowest BCUT2D eigenvalue weighted by Crippen LogP contribution is -2.45. The van der Waals surface area contributed by atoms with Gasteiger partial charge in [-0.3, -0.25) is 9.78 Å². The van der Waals surface area contributed by atoms with Gasteiger partial charge in [-0.15, -0.1) is 5.10 Å². The number of tetrazole rings is 1. The van der Waals surface area contributed by atoms with Crippen LogP contribution in [0.15, 0.2) is 30.0 Å². The standard InChI is InChI=1S/C21H26N8O4/c1-14-16(12-33-19(14)30)28-8-5-21(20(28)31)3-6-27(7-4-21)11-17(32-2)15-9-23-18(10-22-15)29-13-24-25-26-29/h9-10,13,17H,3-8,11-12H2,1-2H3/t17-/m1/s1. The number of likely N-dealkylation sites (tertiary alicyclic amines) is 2. The Balaban J connectivity index is 1.20. The van der Waals surface area contributed by atoms with Crippen LogP contribution < -0.4 is 0 Å². The molecule has 2 aromatic heterocycles. The van der Waals surface area contributed by atoms with Crippen LogP contribution in [0.1, 0.15) is 38.0 Å². The third-order valence-electron chi connectivity index (χ3n) is 7.01. The molecule has 33 heavy (non-hydrogen) atoms. The second-order valence-corrected chi connectivity index (χ2v) is 8.71. The highest BCUT2D eigenvalue weighted by Gasteiger charge is 2.50. The maximum absolute atomic E-state index is 13.3. The Kier molecular flexibility index (Phi) is 5.62. The van der Waals surface area contributed by atoms with Crippen LogP contribution in [0.5, 0.6) is 0 Å². The van der Waals surface area contributed by atoms with Crippen LogP contribution >= 0.6 is 0 Å². The quantitative estimate of drug-likeness (QED) is 0.562. The summed E-state index contributed by atoms with van der Waals surface area (Å²) in [4.78, 5) is 38.0. The molecule has 12 nitrogen and oxygen atoms in total. The summed E-state index contributed by atoms with van der Waals surface area (Å²) in [7, 11) is 1.66. The Morgan fingerprint density at radius 1 is 1.15 bits per heavy atom. The first kappa shape index (κ1) is 21.6. The summed E-state index contributed by atoms with van der Waals surface area (Å²) in [5, 5.41) is 11.0. The molecule has 0 radical (unpaired) electrons. The average molecular weight is 454 g/mol. The number of hydrogen-bond acceptors (Lipinski definition) is 10. The molecule has 0 aromatic carbocycles. The highest BCUT2D eigenvalue weighted by atomic mass is 16.5. The number of amides is 1. The van der Waals surface area contributed by atoms with E-state index in [0.29, 0.717) is 24.5 Å².